The number of nitrogens with zero attached hydrogens (tertiary/aromatic N) is 4. The zero-order chi connectivity index (χ0) is 13.9. The maximum Gasteiger partial charge on any atom is 0.175 e. The summed E-state index contributed by atoms with van der Waals surface area (Å²) >= 11 is 5.81. The number of halogens is 1. The molecule has 0 amide bonds. The summed E-state index contributed by atoms with van der Waals surface area (Å²) in [5.74, 6) is 1.33. The van der Waals surface area contributed by atoms with E-state index in [2.05, 4.69) is 16.3 Å². The number of pyridine rings is 1. The van der Waals surface area contributed by atoms with Crippen molar-refractivity contribution in [3.63, 3.8) is 0 Å². The molecular formula is C14H9ClN4O. The Hall–Kier alpha value is -2.58. The second-order valence-corrected chi connectivity index (χ2v) is 4.55. The van der Waals surface area contributed by atoms with Gasteiger partial charge in [-0.3, -0.25) is 4.40 Å². The average Bonchev–Trinajstić information content (AvgIpc) is 2.89. The van der Waals surface area contributed by atoms with E-state index in [-0.39, 0.29) is 6.61 Å². The monoisotopic (exact) mass is 284 g/mol. The molecule has 3 aromatic rings. The lowest BCUT2D eigenvalue weighted by Gasteiger charge is -2.05. The van der Waals surface area contributed by atoms with Gasteiger partial charge in [-0.1, -0.05) is 11.6 Å². The van der Waals surface area contributed by atoms with Crippen molar-refractivity contribution in [3.8, 4) is 11.8 Å². The Labute approximate surface area is 120 Å². The molecule has 1 aromatic carbocycles. The summed E-state index contributed by atoms with van der Waals surface area (Å²) in [6.07, 6.45) is 1.69. The van der Waals surface area contributed by atoms with E-state index in [0.717, 1.165) is 0 Å². The first kappa shape index (κ1) is 12.5. The molecule has 0 atom stereocenters. The van der Waals surface area contributed by atoms with E-state index in [4.69, 9.17) is 21.6 Å². The van der Waals surface area contributed by atoms with Gasteiger partial charge >= 0.3 is 0 Å². The molecule has 5 nitrogen and oxygen atoms in total. The fraction of sp³-hybridized carbons (Fsp3) is 0.0714. The fourth-order valence-corrected chi connectivity index (χ4v) is 1.91. The summed E-state index contributed by atoms with van der Waals surface area (Å²) in [5, 5.41) is 17.6. The van der Waals surface area contributed by atoms with Gasteiger partial charge in [-0.15, -0.1) is 10.2 Å². The largest absolute Gasteiger partial charge is 0.486 e. The van der Waals surface area contributed by atoms with Gasteiger partial charge < -0.3 is 4.74 Å². The molecule has 2 heterocycles. The van der Waals surface area contributed by atoms with Crippen LogP contribution in [0.3, 0.4) is 0 Å². The number of rotatable bonds is 3. The Morgan fingerprint density at radius 2 is 1.95 bits per heavy atom. The van der Waals surface area contributed by atoms with Crippen LogP contribution in [0.5, 0.6) is 5.75 Å². The van der Waals surface area contributed by atoms with Crippen LogP contribution < -0.4 is 4.74 Å². The normalized spacial score (nSPS) is 10.4. The molecule has 0 radical (unpaired) electrons. The van der Waals surface area contributed by atoms with Crippen LogP contribution in [0.1, 0.15) is 11.4 Å². The van der Waals surface area contributed by atoms with Gasteiger partial charge in [0.05, 0.1) is 5.56 Å². The third-order valence-electron chi connectivity index (χ3n) is 2.78. The lowest BCUT2D eigenvalue weighted by Crippen LogP contribution is -2.01. The number of hydrogen-bond donors (Lipinski definition) is 0. The number of ether oxygens (including phenoxy) is 1. The topological polar surface area (TPSA) is 63.2 Å². The van der Waals surface area contributed by atoms with Gasteiger partial charge in [0.15, 0.2) is 11.5 Å². The minimum Gasteiger partial charge on any atom is -0.486 e. The van der Waals surface area contributed by atoms with Crippen LogP contribution in [0.2, 0.25) is 5.02 Å². The third kappa shape index (κ3) is 2.42. The fourth-order valence-electron chi connectivity index (χ4n) is 1.78. The Morgan fingerprint density at radius 1 is 1.15 bits per heavy atom. The highest BCUT2D eigenvalue weighted by atomic mass is 35.5. The molecule has 0 fully saturated rings. The molecule has 3 rings (SSSR count). The Morgan fingerprint density at radius 3 is 2.70 bits per heavy atom. The van der Waals surface area contributed by atoms with Gasteiger partial charge in [-0.2, -0.15) is 5.26 Å². The maximum atomic E-state index is 8.91. The van der Waals surface area contributed by atoms with E-state index in [1.807, 2.05) is 0 Å². The van der Waals surface area contributed by atoms with E-state index in [0.29, 0.717) is 27.8 Å². The molecular weight excluding hydrogens is 276 g/mol. The molecule has 0 unspecified atom stereocenters. The molecule has 0 saturated carbocycles. The molecule has 0 aliphatic heterocycles. The summed E-state index contributed by atoms with van der Waals surface area (Å²) < 4.78 is 7.37. The van der Waals surface area contributed by atoms with Crippen molar-refractivity contribution in [2.75, 3.05) is 0 Å². The lowest BCUT2D eigenvalue weighted by molar-refractivity contribution is 0.294. The average molecular weight is 285 g/mol. The van der Waals surface area contributed by atoms with Gasteiger partial charge in [0.2, 0.25) is 0 Å². The molecule has 2 aromatic heterocycles. The van der Waals surface area contributed by atoms with Crippen LogP contribution in [0.25, 0.3) is 5.65 Å². The molecule has 0 aliphatic carbocycles. The predicted molar refractivity (Wildman–Crippen MR) is 73.5 cm³/mol. The summed E-state index contributed by atoms with van der Waals surface area (Å²) in [4.78, 5) is 0. The molecule has 6 heteroatoms. The van der Waals surface area contributed by atoms with E-state index in [9.17, 15) is 0 Å². The van der Waals surface area contributed by atoms with Crippen LogP contribution >= 0.6 is 11.6 Å². The molecule has 0 saturated heterocycles. The highest BCUT2D eigenvalue weighted by Gasteiger charge is 2.07. The second-order valence-electron chi connectivity index (χ2n) is 4.12. The van der Waals surface area contributed by atoms with Crippen molar-refractivity contribution < 1.29 is 4.74 Å². The van der Waals surface area contributed by atoms with E-state index >= 15 is 0 Å². The van der Waals surface area contributed by atoms with Gasteiger partial charge in [0.1, 0.15) is 18.4 Å². The van der Waals surface area contributed by atoms with Crippen molar-refractivity contribution in [1.82, 2.24) is 14.6 Å². The Bertz CT molecular complexity index is 789. The standard InChI is InChI=1S/C14H9ClN4O/c15-11-2-4-12(5-3-11)20-9-14-18-17-13-6-1-10(7-16)8-19(13)14/h1-6,8H,9H2. The first-order valence-corrected chi connectivity index (χ1v) is 6.26. The first-order chi connectivity index (χ1) is 9.76. The SMILES string of the molecule is N#Cc1ccc2nnc(COc3ccc(Cl)cc3)n2c1. The molecule has 0 spiro atoms. The smallest absolute Gasteiger partial charge is 0.175 e. The molecule has 98 valence electrons. The minimum absolute atomic E-state index is 0.262. The molecule has 0 bridgehead atoms. The quantitative estimate of drug-likeness (QED) is 0.742. The highest BCUT2D eigenvalue weighted by Crippen LogP contribution is 2.17. The van der Waals surface area contributed by atoms with Crippen molar-refractivity contribution in [1.29, 1.82) is 5.26 Å². The third-order valence-corrected chi connectivity index (χ3v) is 3.04. The van der Waals surface area contributed by atoms with Crippen LogP contribution in [-0.4, -0.2) is 14.6 Å². The maximum absolute atomic E-state index is 8.91. The predicted octanol–water partition coefficient (Wildman–Crippen LogP) is 2.83. The van der Waals surface area contributed by atoms with Gasteiger partial charge in [0, 0.05) is 11.2 Å². The van der Waals surface area contributed by atoms with Crippen molar-refractivity contribution in [3.05, 3.63) is 59.0 Å². The summed E-state index contributed by atoms with van der Waals surface area (Å²) in [6.45, 7) is 0.262. The number of hydrogen-bond acceptors (Lipinski definition) is 4. The van der Waals surface area contributed by atoms with Gasteiger partial charge in [-0.05, 0) is 36.4 Å². The van der Waals surface area contributed by atoms with E-state index < -0.39 is 0 Å². The van der Waals surface area contributed by atoms with Crippen molar-refractivity contribution in [2.24, 2.45) is 0 Å². The zero-order valence-electron chi connectivity index (χ0n) is 10.3. The van der Waals surface area contributed by atoms with Crippen molar-refractivity contribution in [2.45, 2.75) is 6.61 Å². The second kappa shape index (κ2) is 5.19. The Kier molecular flexibility index (Phi) is 3.23. The molecule has 0 N–H and O–H groups in total. The zero-order valence-corrected chi connectivity index (χ0v) is 11.1. The minimum atomic E-state index is 0.262. The van der Waals surface area contributed by atoms with E-state index in [1.165, 1.54) is 0 Å². The van der Waals surface area contributed by atoms with E-state index in [1.54, 1.807) is 47.0 Å². The molecule has 20 heavy (non-hydrogen) atoms. The number of benzene rings is 1. The van der Waals surface area contributed by atoms with Gasteiger partial charge in [-0.25, -0.2) is 0 Å². The van der Waals surface area contributed by atoms with Gasteiger partial charge in [0.25, 0.3) is 0 Å². The Balaban J connectivity index is 1.84. The number of aromatic nitrogens is 3. The summed E-state index contributed by atoms with van der Waals surface area (Å²) in [6, 6.07) is 12.6. The lowest BCUT2D eigenvalue weighted by atomic mass is 10.3. The molecule has 0 aliphatic rings. The highest BCUT2D eigenvalue weighted by molar-refractivity contribution is 6.30. The van der Waals surface area contributed by atoms with Crippen molar-refractivity contribution >= 4 is 17.2 Å². The first-order valence-electron chi connectivity index (χ1n) is 5.88. The number of fused-ring (bicyclic) bond motifs is 1. The summed E-state index contributed by atoms with van der Waals surface area (Å²) in [5.41, 5.74) is 1.23. The van der Waals surface area contributed by atoms with Crippen LogP contribution in [0.15, 0.2) is 42.6 Å². The van der Waals surface area contributed by atoms with Crippen LogP contribution in [0.4, 0.5) is 0 Å². The van der Waals surface area contributed by atoms with Crippen LogP contribution in [0, 0.1) is 11.3 Å². The van der Waals surface area contributed by atoms with Crippen LogP contribution in [-0.2, 0) is 6.61 Å². The number of nitriles is 1. The summed E-state index contributed by atoms with van der Waals surface area (Å²) in [7, 11) is 0.